The van der Waals surface area contributed by atoms with Gasteiger partial charge in [0, 0.05) is 11.7 Å². The second kappa shape index (κ2) is 6.09. The Morgan fingerprint density at radius 1 is 1.16 bits per heavy atom. The minimum atomic E-state index is -0.0881. The first-order valence-electron chi connectivity index (χ1n) is 7.20. The second-order valence-electron chi connectivity index (χ2n) is 5.84. The number of rotatable bonds is 2. The summed E-state index contributed by atoms with van der Waals surface area (Å²) >= 11 is 0. The number of nitrogens with one attached hydrogen (secondary N) is 2. The molecule has 2 rings (SSSR count). The first kappa shape index (κ1) is 13.9. The molecule has 3 nitrogen and oxygen atoms in total. The van der Waals surface area contributed by atoms with E-state index in [0.29, 0.717) is 17.9 Å². The van der Waals surface area contributed by atoms with E-state index in [9.17, 15) is 4.79 Å². The number of amides is 2. The van der Waals surface area contributed by atoms with Gasteiger partial charge in [-0.05, 0) is 37.3 Å². The van der Waals surface area contributed by atoms with Crippen LogP contribution in [0.3, 0.4) is 0 Å². The molecule has 3 unspecified atom stereocenters. The fourth-order valence-electron chi connectivity index (χ4n) is 2.76. The van der Waals surface area contributed by atoms with Crippen LogP contribution in [0.25, 0.3) is 0 Å². The zero-order valence-electron chi connectivity index (χ0n) is 12.1. The minimum absolute atomic E-state index is 0.0881. The van der Waals surface area contributed by atoms with E-state index < -0.39 is 0 Å². The number of hydrogen-bond donors (Lipinski definition) is 2. The molecule has 0 saturated heterocycles. The molecule has 1 aromatic carbocycles. The van der Waals surface area contributed by atoms with Crippen molar-refractivity contribution in [2.45, 2.75) is 46.1 Å². The molecule has 0 bridgehead atoms. The van der Waals surface area contributed by atoms with E-state index in [4.69, 9.17) is 0 Å². The van der Waals surface area contributed by atoms with Gasteiger partial charge in [0.25, 0.3) is 0 Å². The molecule has 0 aliphatic heterocycles. The van der Waals surface area contributed by atoms with E-state index in [0.717, 1.165) is 12.1 Å². The number of benzene rings is 1. The zero-order valence-corrected chi connectivity index (χ0v) is 12.1. The summed E-state index contributed by atoms with van der Waals surface area (Å²) in [6.07, 6.45) is 3.58. The SMILES string of the molecule is Cc1ccc(NC(=O)NC2CCCC(C)C2C)cc1. The van der Waals surface area contributed by atoms with Crippen molar-refractivity contribution in [1.29, 1.82) is 0 Å². The van der Waals surface area contributed by atoms with Crippen LogP contribution in [0.1, 0.15) is 38.7 Å². The number of carbonyl (C=O) groups excluding carboxylic acids is 1. The summed E-state index contributed by atoms with van der Waals surface area (Å²) in [6, 6.07) is 8.08. The number of aryl methyl sites for hydroxylation is 1. The lowest BCUT2D eigenvalue weighted by atomic mass is 9.78. The fraction of sp³-hybridized carbons (Fsp3) is 0.562. The van der Waals surface area contributed by atoms with Crippen LogP contribution < -0.4 is 10.6 Å². The van der Waals surface area contributed by atoms with Crippen LogP contribution in [0.4, 0.5) is 10.5 Å². The summed E-state index contributed by atoms with van der Waals surface area (Å²) in [7, 11) is 0. The largest absolute Gasteiger partial charge is 0.335 e. The van der Waals surface area contributed by atoms with Crippen LogP contribution in [-0.2, 0) is 0 Å². The highest BCUT2D eigenvalue weighted by atomic mass is 16.2. The number of carbonyl (C=O) groups is 1. The van der Waals surface area contributed by atoms with Gasteiger partial charge in [-0.2, -0.15) is 0 Å². The summed E-state index contributed by atoms with van der Waals surface area (Å²) in [5.74, 6) is 1.25. The maximum atomic E-state index is 12.0. The molecule has 2 N–H and O–H groups in total. The van der Waals surface area contributed by atoms with E-state index in [1.807, 2.05) is 31.2 Å². The van der Waals surface area contributed by atoms with Gasteiger partial charge in [-0.15, -0.1) is 0 Å². The molecule has 3 atom stereocenters. The smallest absolute Gasteiger partial charge is 0.319 e. The molecule has 19 heavy (non-hydrogen) atoms. The number of anilines is 1. The van der Waals surface area contributed by atoms with Crippen LogP contribution in [0.2, 0.25) is 0 Å². The highest BCUT2D eigenvalue weighted by molar-refractivity contribution is 5.89. The van der Waals surface area contributed by atoms with Gasteiger partial charge in [0.2, 0.25) is 0 Å². The zero-order chi connectivity index (χ0) is 13.8. The second-order valence-corrected chi connectivity index (χ2v) is 5.84. The topological polar surface area (TPSA) is 41.1 Å². The van der Waals surface area contributed by atoms with Crippen molar-refractivity contribution in [3.05, 3.63) is 29.8 Å². The van der Waals surface area contributed by atoms with Crippen LogP contribution >= 0.6 is 0 Å². The quantitative estimate of drug-likeness (QED) is 0.830. The van der Waals surface area contributed by atoms with E-state index in [1.165, 1.54) is 18.4 Å². The fourth-order valence-corrected chi connectivity index (χ4v) is 2.76. The highest BCUT2D eigenvalue weighted by Crippen LogP contribution is 2.29. The molecule has 0 spiro atoms. The molecule has 1 aromatic rings. The molecule has 1 saturated carbocycles. The van der Waals surface area contributed by atoms with Gasteiger partial charge in [0.15, 0.2) is 0 Å². The van der Waals surface area contributed by atoms with Crippen molar-refractivity contribution in [3.8, 4) is 0 Å². The summed E-state index contributed by atoms with van der Waals surface area (Å²) in [6.45, 7) is 6.55. The molecule has 1 fully saturated rings. The summed E-state index contributed by atoms with van der Waals surface area (Å²) in [4.78, 5) is 12.0. The molecule has 104 valence electrons. The molecule has 0 heterocycles. The summed E-state index contributed by atoms with van der Waals surface area (Å²) in [5, 5.41) is 6.01. The third-order valence-electron chi connectivity index (χ3n) is 4.33. The van der Waals surface area contributed by atoms with Gasteiger partial charge in [0.05, 0.1) is 0 Å². The Labute approximate surface area is 115 Å². The van der Waals surface area contributed by atoms with Crippen molar-refractivity contribution in [2.75, 3.05) is 5.32 Å². The first-order chi connectivity index (χ1) is 9.06. The van der Waals surface area contributed by atoms with E-state index in [2.05, 4.69) is 24.5 Å². The van der Waals surface area contributed by atoms with Crippen molar-refractivity contribution in [1.82, 2.24) is 5.32 Å². The predicted molar refractivity (Wildman–Crippen MR) is 79.3 cm³/mol. The van der Waals surface area contributed by atoms with Crippen LogP contribution in [0, 0.1) is 18.8 Å². The van der Waals surface area contributed by atoms with E-state index in [-0.39, 0.29) is 6.03 Å². The summed E-state index contributed by atoms with van der Waals surface area (Å²) in [5.41, 5.74) is 2.04. The summed E-state index contributed by atoms with van der Waals surface area (Å²) < 4.78 is 0. The molecule has 0 aromatic heterocycles. The molecular weight excluding hydrogens is 236 g/mol. The predicted octanol–water partition coefficient (Wildman–Crippen LogP) is 3.94. The minimum Gasteiger partial charge on any atom is -0.335 e. The molecule has 1 aliphatic rings. The maximum Gasteiger partial charge on any atom is 0.319 e. The van der Waals surface area contributed by atoms with Crippen LogP contribution in [0.5, 0.6) is 0 Å². The Bertz CT molecular complexity index is 427. The Hall–Kier alpha value is -1.51. The Balaban J connectivity index is 1.88. The van der Waals surface area contributed by atoms with Crippen LogP contribution in [-0.4, -0.2) is 12.1 Å². The van der Waals surface area contributed by atoms with Crippen molar-refractivity contribution < 1.29 is 4.79 Å². The van der Waals surface area contributed by atoms with E-state index in [1.54, 1.807) is 0 Å². The Kier molecular flexibility index (Phi) is 4.46. The maximum absolute atomic E-state index is 12.0. The number of hydrogen-bond acceptors (Lipinski definition) is 1. The average molecular weight is 260 g/mol. The van der Waals surface area contributed by atoms with E-state index >= 15 is 0 Å². The average Bonchev–Trinajstić information content (AvgIpc) is 2.38. The lowest BCUT2D eigenvalue weighted by molar-refractivity contribution is 0.201. The van der Waals surface area contributed by atoms with Gasteiger partial charge < -0.3 is 10.6 Å². The van der Waals surface area contributed by atoms with Gasteiger partial charge in [-0.1, -0.05) is 44.4 Å². The normalized spacial score (nSPS) is 26.8. The van der Waals surface area contributed by atoms with Crippen molar-refractivity contribution in [2.24, 2.45) is 11.8 Å². The van der Waals surface area contributed by atoms with Gasteiger partial charge in [-0.25, -0.2) is 4.79 Å². The lowest BCUT2D eigenvalue weighted by Crippen LogP contribution is -2.45. The molecule has 1 aliphatic carbocycles. The van der Waals surface area contributed by atoms with Crippen LogP contribution in [0.15, 0.2) is 24.3 Å². The Morgan fingerprint density at radius 3 is 2.53 bits per heavy atom. The lowest BCUT2D eigenvalue weighted by Gasteiger charge is -2.34. The number of urea groups is 1. The Morgan fingerprint density at radius 2 is 1.84 bits per heavy atom. The van der Waals surface area contributed by atoms with Gasteiger partial charge >= 0.3 is 6.03 Å². The molecule has 3 heteroatoms. The monoisotopic (exact) mass is 260 g/mol. The van der Waals surface area contributed by atoms with Crippen molar-refractivity contribution >= 4 is 11.7 Å². The standard InChI is InChI=1S/C16H24N2O/c1-11-7-9-14(10-8-11)17-16(19)18-15-6-4-5-12(2)13(15)3/h7-10,12-13,15H,4-6H2,1-3H3,(H2,17,18,19). The van der Waals surface area contributed by atoms with Gasteiger partial charge in [-0.3, -0.25) is 0 Å². The third-order valence-corrected chi connectivity index (χ3v) is 4.33. The highest BCUT2D eigenvalue weighted by Gasteiger charge is 2.27. The first-order valence-corrected chi connectivity index (χ1v) is 7.20. The molecule has 0 radical (unpaired) electrons. The van der Waals surface area contributed by atoms with Crippen molar-refractivity contribution in [3.63, 3.8) is 0 Å². The van der Waals surface area contributed by atoms with Gasteiger partial charge in [0.1, 0.15) is 0 Å². The molecule has 2 amide bonds. The third kappa shape index (κ3) is 3.72. The molecular formula is C16H24N2O.